The van der Waals surface area contributed by atoms with Gasteiger partial charge in [0.2, 0.25) is 0 Å². The molecule has 1 heterocycles. The summed E-state index contributed by atoms with van der Waals surface area (Å²) in [6.45, 7) is 8.37. The van der Waals surface area contributed by atoms with E-state index in [2.05, 4.69) is 31.0 Å². The third kappa shape index (κ3) is 2.30. The van der Waals surface area contributed by atoms with E-state index in [9.17, 15) is 0 Å². The third-order valence-electron chi connectivity index (χ3n) is 2.59. The van der Waals surface area contributed by atoms with Crippen LogP contribution in [0.1, 0.15) is 44.9 Å². The van der Waals surface area contributed by atoms with Gasteiger partial charge >= 0.3 is 0 Å². The predicted octanol–water partition coefficient (Wildman–Crippen LogP) is 3.47. The van der Waals surface area contributed by atoms with E-state index in [0.29, 0.717) is 5.41 Å². The van der Waals surface area contributed by atoms with E-state index in [4.69, 9.17) is 0 Å². The van der Waals surface area contributed by atoms with E-state index in [0.717, 1.165) is 5.69 Å². The second kappa shape index (κ2) is 3.91. The fourth-order valence-electron chi connectivity index (χ4n) is 1.40. The summed E-state index contributed by atoms with van der Waals surface area (Å²) < 4.78 is 0. The minimum absolute atomic E-state index is 0.494. The number of pyridine rings is 1. The van der Waals surface area contributed by atoms with Crippen molar-refractivity contribution in [1.82, 2.24) is 4.98 Å². The lowest BCUT2D eigenvalue weighted by Gasteiger charge is -2.07. The van der Waals surface area contributed by atoms with E-state index >= 15 is 0 Å². The van der Waals surface area contributed by atoms with Crippen molar-refractivity contribution in [2.45, 2.75) is 46.0 Å². The van der Waals surface area contributed by atoms with E-state index in [1.807, 2.05) is 20.0 Å². The van der Waals surface area contributed by atoms with Gasteiger partial charge in [0, 0.05) is 11.9 Å². The van der Waals surface area contributed by atoms with Crippen LogP contribution in [-0.2, 0) is 5.41 Å². The SMILES string of the molecule is CC.Cc1cc(C2(C)CC2)ccn1. The molecule has 0 spiro atoms. The molecule has 72 valence electrons. The normalized spacial score (nSPS) is 17.2. The average Bonchev–Trinajstić information content (AvgIpc) is 2.89. The summed E-state index contributed by atoms with van der Waals surface area (Å²) in [7, 11) is 0. The van der Waals surface area contributed by atoms with Gasteiger partial charge in [-0.15, -0.1) is 0 Å². The Balaban J connectivity index is 0.000000396. The number of hydrogen-bond acceptors (Lipinski definition) is 1. The van der Waals surface area contributed by atoms with Crippen molar-refractivity contribution in [2.24, 2.45) is 0 Å². The molecule has 1 aromatic heterocycles. The third-order valence-corrected chi connectivity index (χ3v) is 2.59. The van der Waals surface area contributed by atoms with Crippen molar-refractivity contribution in [2.75, 3.05) is 0 Å². The highest BCUT2D eigenvalue weighted by Gasteiger charge is 2.38. The summed E-state index contributed by atoms with van der Waals surface area (Å²) in [5.74, 6) is 0. The van der Waals surface area contributed by atoms with Crippen molar-refractivity contribution >= 4 is 0 Å². The highest BCUT2D eigenvalue weighted by atomic mass is 14.7. The molecule has 1 heteroatoms. The maximum Gasteiger partial charge on any atom is 0.0375 e. The first kappa shape index (κ1) is 10.2. The van der Waals surface area contributed by atoms with Crippen LogP contribution in [0.25, 0.3) is 0 Å². The Bertz CT molecular complexity index is 274. The highest BCUT2D eigenvalue weighted by Crippen LogP contribution is 2.47. The summed E-state index contributed by atoms with van der Waals surface area (Å²) in [5.41, 5.74) is 3.09. The van der Waals surface area contributed by atoms with Crippen LogP contribution in [0.2, 0.25) is 0 Å². The van der Waals surface area contributed by atoms with Gasteiger partial charge in [-0.05, 0) is 42.9 Å². The van der Waals surface area contributed by atoms with E-state index < -0.39 is 0 Å². The molecule has 0 atom stereocenters. The molecule has 1 aromatic rings. The molecule has 1 nitrogen and oxygen atoms in total. The molecule has 0 radical (unpaired) electrons. The van der Waals surface area contributed by atoms with Gasteiger partial charge in [0.1, 0.15) is 0 Å². The lowest BCUT2D eigenvalue weighted by Crippen LogP contribution is -1.99. The van der Waals surface area contributed by atoms with Gasteiger partial charge in [-0.2, -0.15) is 0 Å². The Kier molecular flexibility index (Phi) is 3.07. The van der Waals surface area contributed by atoms with Crippen LogP contribution in [0.4, 0.5) is 0 Å². The van der Waals surface area contributed by atoms with Crippen LogP contribution in [0.3, 0.4) is 0 Å². The molecule has 0 N–H and O–H groups in total. The van der Waals surface area contributed by atoms with Crippen molar-refractivity contribution in [1.29, 1.82) is 0 Å². The molecule has 2 rings (SSSR count). The molecule has 0 saturated heterocycles. The van der Waals surface area contributed by atoms with Gasteiger partial charge in [0.25, 0.3) is 0 Å². The Morgan fingerprint density at radius 2 is 1.92 bits per heavy atom. The monoisotopic (exact) mass is 177 g/mol. The summed E-state index contributed by atoms with van der Waals surface area (Å²) in [6.07, 6.45) is 4.60. The first-order valence-corrected chi connectivity index (χ1v) is 5.14. The number of rotatable bonds is 1. The Hall–Kier alpha value is -0.850. The van der Waals surface area contributed by atoms with Crippen LogP contribution in [-0.4, -0.2) is 4.98 Å². The smallest absolute Gasteiger partial charge is 0.0375 e. The van der Waals surface area contributed by atoms with E-state index in [1.54, 1.807) is 0 Å². The predicted molar refractivity (Wildman–Crippen MR) is 56.9 cm³/mol. The summed E-state index contributed by atoms with van der Waals surface area (Å²) in [4.78, 5) is 4.18. The van der Waals surface area contributed by atoms with Crippen molar-refractivity contribution in [3.63, 3.8) is 0 Å². The molecule has 1 saturated carbocycles. The van der Waals surface area contributed by atoms with Gasteiger partial charge in [-0.3, -0.25) is 4.98 Å². The summed E-state index contributed by atoms with van der Waals surface area (Å²) in [6, 6.07) is 4.34. The van der Waals surface area contributed by atoms with Crippen LogP contribution in [0.15, 0.2) is 18.3 Å². The molecule has 1 aliphatic rings. The van der Waals surface area contributed by atoms with Crippen molar-refractivity contribution in [3.05, 3.63) is 29.6 Å². The Labute approximate surface area is 81.2 Å². The van der Waals surface area contributed by atoms with Crippen LogP contribution < -0.4 is 0 Å². The molecule has 0 aliphatic heterocycles. The molecule has 13 heavy (non-hydrogen) atoms. The van der Waals surface area contributed by atoms with E-state index in [1.165, 1.54) is 18.4 Å². The second-order valence-corrected chi connectivity index (χ2v) is 3.75. The first-order valence-electron chi connectivity index (χ1n) is 5.14. The summed E-state index contributed by atoms with van der Waals surface area (Å²) in [5, 5.41) is 0. The molecular weight excluding hydrogens is 158 g/mol. The average molecular weight is 177 g/mol. The number of aryl methyl sites for hydroxylation is 1. The maximum atomic E-state index is 4.18. The minimum atomic E-state index is 0.494. The zero-order chi connectivity index (χ0) is 9.90. The molecule has 0 bridgehead atoms. The number of hydrogen-bond donors (Lipinski definition) is 0. The van der Waals surface area contributed by atoms with Crippen molar-refractivity contribution in [3.8, 4) is 0 Å². The molecule has 0 unspecified atom stereocenters. The van der Waals surface area contributed by atoms with Crippen LogP contribution in [0, 0.1) is 6.92 Å². The Morgan fingerprint density at radius 3 is 2.38 bits per heavy atom. The van der Waals surface area contributed by atoms with Gasteiger partial charge in [-0.1, -0.05) is 20.8 Å². The minimum Gasteiger partial charge on any atom is -0.262 e. The largest absolute Gasteiger partial charge is 0.262 e. The topological polar surface area (TPSA) is 12.9 Å². The quantitative estimate of drug-likeness (QED) is 0.640. The highest BCUT2D eigenvalue weighted by molar-refractivity contribution is 5.29. The van der Waals surface area contributed by atoms with Gasteiger partial charge in [-0.25, -0.2) is 0 Å². The second-order valence-electron chi connectivity index (χ2n) is 3.75. The zero-order valence-electron chi connectivity index (χ0n) is 9.09. The molecular formula is C12H19N. The summed E-state index contributed by atoms with van der Waals surface area (Å²) >= 11 is 0. The van der Waals surface area contributed by atoms with Gasteiger partial charge in [0.05, 0.1) is 0 Å². The molecule has 0 aromatic carbocycles. The standard InChI is InChI=1S/C10H13N.C2H6/c1-8-7-9(3-6-11-8)10(2)4-5-10;1-2/h3,6-7H,4-5H2,1-2H3;1-2H3. The molecule has 1 fully saturated rings. The number of aromatic nitrogens is 1. The maximum absolute atomic E-state index is 4.18. The zero-order valence-corrected chi connectivity index (χ0v) is 9.09. The molecule has 1 aliphatic carbocycles. The lowest BCUT2D eigenvalue weighted by atomic mass is 9.99. The van der Waals surface area contributed by atoms with E-state index in [-0.39, 0.29) is 0 Å². The van der Waals surface area contributed by atoms with Gasteiger partial charge < -0.3 is 0 Å². The van der Waals surface area contributed by atoms with Crippen molar-refractivity contribution < 1.29 is 0 Å². The van der Waals surface area contributed by atoms with Crippen LogP contribution in [0.5, 0.6) is 0 Å². The Morgan fingerprint density at radius 1 is 1.31 bits per heavy atom. The van der Waals surface area contributed by atoms with Gasteiger partial charge in [0.15, 0.2) is 0 Å². The fourth-order valence-corrected chi connectivity index (χ4v) is 1.40. The number of nitrogens with zero attached hydrogens (tertiary/aromatic N) is 1. The lowest BCUT2D eigenvalue weighted by molar-refractivity contribution is 0.783. The molecule has 0 amide bonds. The first-order chi connectivity index (χ1) is 6.21. The fraction of sp³-hybridized carbons (Fsp3) is 0.583. The van der Waals surface area contributed by atoms with Crippen LogP contribution >= 0.6 is 0 Å².